The van der Waals surface area contributed by atoms with Crippen LogP contribution in [0, 0.1) is 0 Å². The normalized spacial score (nSPS) is 18.2. The van der Waals surface area contributed by atoms with Crippen LogP contribution in [0.5, 0.6) is 0 Å². The molecule has 6 heteroatoms. The first kappa shape index (κ1) is 9.42. The van der Waals surface area contributed by atoms with Crippen LogP contribution < -0.4 is 10.2 Å². The van der Waals surface area contributed by atoms with Crippen molar-refractivity contribution in [2.45, 2.75) is 13.0 Å². The van der Waals surface area contributed by atoms with E-state index in [-0.39, 0.29) is 6.61 Å². The van der Waals surface area contributed by atoms with Crippen LogP contribution in [0.15, 0.2) is 0 Å². The Hall–Kier alpha value is -1.14. The number of nitrogens with one attached hydrogen (secondary N) is 2. The fourth-order valence-electron chi connectivity index (χ4n) is 1.54. The van der Waals surface area contributed by atoms with E-state index in [1.807, 2.05) is 0 Å². The number of aliphatic hydroxyl groups is 1. The van der Waals surface area contributed by atoms with E-state index < -0.39 is 0 Å². The molecule has 0 aliphatic carbocycles. The summed E-state index contributed by atoms with van der Waals surface area (Å²) in [6, 6.07) is 0. The lowest BCUT2D eigenvalue weighted by Crippen LogP contribution is -2.28. The van der Waals surface area contributed by atoms with Gasteiger partial charge in [0, 0.05) is 19.6 Å². The smallest absolute Gasteiger partial charge is 0.244 e. The van der Waals surface area contributed by atoms with Crippen molar-refractivity contribution in [3.05, 3.63) is 5.82 Å². The number of nitrogens with zero attached hydrogens (tertiary/aromatic N) is 3. The molecule has 0 unspecified atom stereocenters. The third kappa shape index (κ3) is 2.02. The number of aliphatic hydroxyl groups excluding tert-OH is 1. The van der Waals surface area contributed by atoms with Gasteiger partial charge in [0.15, 0.2) is 5.82 Å². The van der Waals surface area contributed by atoms with Gasteiger partial charge < -0.3 is 15.3 Å². The number of anilines is 1. The van der Waals surface area contributed by atoms with Gasteiger partial charge in [-0.05, 0) is 13.0 Å². The van der Waals surface area contributed by atoms with Crippen molar-refractivity contribution in [1.29, 1.82) is 0 Å². The quantitative estimate of drug-likeness (QED) is 0.572. The largest absolute Gasteiger partial charge is 0.388 e. The van der Waals surface area contributed by atoms with E-state index in [0.717, 1.165) is 32.6 Å². The summed E-state index contributed by atoms with van der Waals surface area (Å²) >= 11 is 0. The summed E-state index contributed by atoms with van der Waals surface area (Å²) in [5.74, 6) is 1.22. The van der Waals surface area contributed by atoms with Gasteiger partial charge in [-0.15, -0.1) is 5.10 Å². The molecule has 3 N–H and O–H groups in total. The van der Waals surface area contributed by atoms with Crippen molar-refractivity contribution >= 4 is 5.95 Å². The summed E-state index contributed by atoms with van der Waals surface area (Å²) in [5.41, 5.74) is 0. The lowest BCUT2D eigenvalue weighted by molar-refractivity contribution is 0.272. The Morgan fingerprint density at radius 3 is 3.07 bits per heavy atom. The minimum Gasteiger partial charge on any atom is -0.388 e. The van der Waals surface area contributed by atoms with Gasteiger partial charge in [-0.2, -0.15) is 4.98 Å². The van der Waals surface area contributed by atoms with E-state index in [4.69, 9.17) is 5.11 Å². The highest BCUT2D eigenvalue weighted by Crippen LogP contribution is 2.08. The Labute approximate surface area is 82.3 Å². The van der Waals surface area contributed by atoms with Gasteiger partial charge in [0.05, 0.1) is 0 Å². The predicted octanol–water partition coefficient (Wildman–Crippen LogP) is -0.903. The number of aromatic nitrogens is 3. The summed E-state index contributed by atoms with van der Waals surface area (Å²) in [4.78, 5) is 6.30. The Kier molecular flexibility index (Phi) is 2.95. The molecule has 1 aromatic rings. The molecular formula is C8H15N5O. The fraction of sp³-hybridized carbons (Fsp3) is 0.750. The van der Waals surface area contributed by atoms with Crippen molar-refractivity contribution in [2.24, 2.45) is 0 Å². The molecule has 1 aliphatic rings. The van der Waals surface area contributed by atoms with E-state index in [1.165, 1.54) is 0 Å². The molecule has 1 fully saturated rings. The molecule has 6 nitrogen and oxygen atoms in total. The third-order valence-electron chi connectivity index (χ3n) is 2.29. The van der Waals surface area contributed by atoms with Crippen LogP contribution in [0.2, 0.25) is 0 Å². The lowest BCUT2D eigenvalue weighted by Gasteiger charge is -2.16. The van der Waals surface area contributed by atoms with Crippen LogP contribution in [0.3, 0.4) is 0 Å². The van der Waals surface area contributed by atoms with Crippen molar-refractivity contribution in [2.75, 3.05) is 31.1 Å². The highest BCUT2D eigenvalue weighted by Gasteiger charge is 2.13. The first-order valence-corrected chi connectivity index (χ1v) is 4.88. The van der Waals surface area contributed by atoms with Crippen molar-refractivity contribution in [3.63, 3.8) is 0 Å². The number of aromatic amines is 1. The summed E-state index contributed by atoms with van der Waals surface area (Å²) < 4.78 is 0. The second-order valence-electron chi connectivity index (χ2n) is 3.33. The van der Waals surface area contributed by atoms with Crippen molar-refractivity contribution < 1.29 is 5.11 Å². The second-order valence-corrected chi connectivity index (χ2v) is 3.33. The molecule has 0 spiro atoms. The van der Waals surface area contributed by atoms with Gasteiger partial charge in [0.25, 0.3) is 0 Å². The highest BCUT2D eigenvalue weighted by atomic mass is 16.3. The maximum Gasteiger partial charge on any atom is 0.244 e. The molecule has 0 aromatic carbocycles. The molecule has 0 bridgehead atoms. The van der Waals surface area contributed by atoms with E-state index in [0.29, 0.717) is 11.8 Å². The summed E-state index contributed by atoms with van der Waals surface area (Å²) in [6.45, 7) is 3.81. The molecular weight excluding hydrogens is 182 g/mol. The van der Waals surface area contributed by atoms with Gasteiger partial charge in [0.2, 0.25) is 5.95 Å². The third-order valence-corrected chi connectivity index (χ3v) is 2.29. The maximum atomic E-state index is 8.84. The van der Waals surface area contributed by atoms with Crippen molar-refractivity contribution in [3.8, 4) is 0 Å². The van der Waals surface area contributed by atoms with E-state index >= 15 is 0 Å². The molecule has 14 heavy (non-hydrogen) atoms. The topological polar surface area (TPSA) is 77.1 Å². The standard InChI is InChI=1S/C8H15N5O/c14-6-7-10-8(12-11-7)13-4-1-2-9-3-5-13/h9,14H,1-6H2,(H,10,11,12). The molecule has 1 aromatic heterocycles. The van der Waals surface area contributed by atoms with Crippen LogP contribution in [-0.4, -0.2) is 46.5 Å². The van der Waals surface area contributed by atoms with Crippen LogP contribution in [0.4, 0.5) is 5.95 Å². The molecule has 0 saturated carbocycles. The number of hydrogen-bond donors (Lipinski definition) is 3. The molecule has 1 aliphatic heterocycles. The van der Waals surface area contributed by atoms with Gasteiger partial charge in [-0.25, -0.2) is 0 Å². The highest BCUT2D eigenvalue weighted by molar-refractivity contribution is 5.28. The zero-order chi connectivity index (χ0) is 9.80. The predicted molar refractivity (Wildman–Crippen MR) is 52.0 cm³/mol. The first-order valence-electron chi connectivity index (χ1n) is 4.88. The number of rotatable bonds is 2. The zero-order valence-corrected chi connectivity index (χ0v) is 8.03. The van der Waals surface area contributed by atoms with Gasteiger partial charge in [0.1, 0.15) is 6.61 Å². The van der Waals surface area contributed by atoms with Crippen LogP contribution in [-0.2, 0) is 6.61 Å². The molecule has 2 heterocycles. The van der Waals surface area contributed by atoms with Crippen LogP contribution in [0.25, 0.3) is 0 Å². The molecule has 0 radical (unpaired) electrons. The van der Waals surface area contributed by atoms with Crippen molar-refractivity contribution in [1.82, 2.24) is 20.5 Å². The lowest BCUT2D eigenvalue weighted by atomic mass is 10.4. The van der Waals surface area contributed by atoms with Gasteiger partial charge >= 0.3 is 0 Å². The van der Waals surface area contributed by atoms with E-state index in [9.17, 15) is 0 Å². The van der Waals surface area contributed by atoms with Crippen LogP contribution in [0.1, 0.15) is 12.2 Å². The average Bonchev–Trinajstić information content (AvgIpc) is 2.53. The number of H-pyrrole nitrogens is 1. The Balaban J connectivity index is 2.04. The minimum atomic E-state index is -0.0842. The van der Waals surface area contributed by atoms with E-state index in [1.54, 1.807) is 0 Å². The Morgan fingerprint density at radius 2 is 2.29 bits per heavy atom. The van der Waals surface area contributed by atoms with Crippen LogP contribution >= 0.6 is 0 Å². The molecule has 0 atom stereocenters. The monoisotopic (exact) mass is 197 g/mol. The molecule has 78 valence electrons. The average molecular weight is 197 g/mol. The SMILES string of the molecule is OCc1nc(N2CCCNCC2)n[nH]1. The summed E-state index contributed by atoms with van der Waals surface area (Å²) in [7, 11) is 0. The maximum absolute atomic E-state index is 8.84. The molecule has 1 saturated heterocycles. The summed E-state index contributed by atoms with van der Waals surface area (Å²) in [6.07, 6.45) is 1.10. The summed E-state index contributed by atoms with van der Waals surface area (Å²) in [5, 5.41) is 18.9. The Morgan fingerprint density at radius 1 is 1.36 bits per heavy atom. The molecule has 2 rings (SSSR count). The minimum absolute atomic E-state index is 0.0842. The number of hydrogen-bond acceptors (Lipinski definition) is 5. The van der Waals surface area contributed by atoms with Gasteiger partial charge in [-0.3, -0.25) is 5.10 Å². The second kappa shape index (κ2) is 4.39. The first-order chi connectivity index (χ1) is 6.90. The molecule has 0 amide bonds. The zero-order valence-electron chi connectivity index (χ0n) is 8.03. The van der Waals surface area contributed by atoms with E-state index in [2.05, 4.69) is 25.4 Å². The fourth-order valence-corrected chi connectivity index (χ4v) is 1.54. The Bertz CT molecular complexity index is 279. The van der Waals surface area contributed by atoms with Gasteiger partial charge in [-0.1, -0.05) is 0 Å².